The van der Waals surface area contributed by atoms with Crippen molar-refractivity contribution in [2.45, 2.75) is 11.6 Å². The highest BCUT2D eigenvalue weighted by molar-refractivity contribution is 6.31. The summed E-state index contributed by atoms with van der Waals surface area (Å²) >= 11 is 6.02. The van der Waals surface area contributed by atoms with Gasteiger partial charge in [-0.15, -0.1) is 0 Å². The molecule has 33 heavy (non-hydrogen) atoms. The second-order valence-corrected chi connectivity index (χ2v) is 8.63. The highest BCUT2D eigenvalue weighted by Gasteiger charge is 2.69. The maximum Gasteiger partial charge on any atom is 0.331 e. The average molecular weight is 461 g/mol. The van der Waals surface area contributed by atoms with E-state index < -0.39 is 35.3 Å². The Morgan fingerprint density at radius 3 is 2.12 bits per heavy atom. The minimum Gasteiger partial charge on any atom is -0.467 e. The lowest BCUT2D eigenvalue weighted by Crippen LogP contribution is -2.53. The fourth-order valence-electron chi connectivity index (χ4n) is 5.13. The third-order valence-corrected chi connectivity index (χ3v) is 6.79. The number of fused-ring (bicyclic) bond motifs is 1. The van der Waals surface area contributed by atoms with E-state index in [-0.39, 0.29) is 5.91 Å². The van der Waals surface area contributed by atoms with Crippen molar-refractivity contribution in [2.24, 2.45) is 11.8 Å². The molecule has 0 radical (unpaired) electrons. The lowest BCUT2D eigenvalue weighted by Gasteiger charge is -2.33. The van der Waals surface area contributed by atoms with Gasteiger partial charge in [-0.05, 0) is 35.4 Å². The van der Waals surface area contributed by atoms with Crippen LogP contribution in [0, 0.1) is 11.8 Å². The number of carbonyl (C=O) groups excluding carboxylic acids is 3. The first-order valence-corrected chi connectivity index (χ1v) is 11.0. The molecular formula is C26H21ClN2O4. The number of esters is 1. The molecular weight excluding hydrogens is 440 g/mol. The van der Waals surface area contributed by atoms with Crippen molar-refractivity contribution in [3.63, 3.8) is 0 Å². The Hall–Kier alpha value is -3.48. The number of amides is 2. The van der Waals surface area contributed by atoms with Gasteiger partial charge in [0.2, 0.25) is 11.8 Å². The summed E-state index contributed by atoms with van der Waals surface area (Å²) in [5.74, 6) is -3.21. The predicted molar refractivity (Wildman–Crippen MR) is 123 cm³/mol. The molecule has 0 bridgehead atoms. The zero-order valence-electron chi connectivity index (χ0n) is 17.8. The molecule has 0 saturated carbocycles. The number of benzene rings is 3. The van der Waals surface area contributed by atoms with E-state index in [2.05, 4.69) is 5.32 Å². The third-order valence-electron chi connectivity index (χ3n) is 6.54. The Kier molecular flexibility index (Phi) is 5.27. The number of nitrogens with zero attached hydrogens (tertiary/aromatic N) is 1. The fraction of sp³-hybridized carbons (Fsp3) is 0.192. The van der Waals surface area contributed by atoms with Gasteiger partial charge in [-0.1, -0.05) is 72.3 Å². The van der Waals surface area contributed by atoms with E-state index in [0.29, 0.717) is 16.3 Å². The van der Waals surface area contributed by atoms with E-state index in [1.807, 2.05) is 36.4 Å². The number of carbonyl (C=O) groups is 3. The van der Waals surface area contributed by atoms with E-state index >= 15 is 0 Å². The van der Waals surface area contributed by atoms with Crippen molar-refractivity contribution in [2.75, 3.05) is 12.0 Å². The molecule has 6 nitrogen and oxygen atoms in total. The van der Waals surface area contributed by atoms with Gasteiger partial charge in [0.15, 0.2) is 5.54 Å². The number of methoxy groups -OCH3 is 1. The van der Waals surface area contributed by atoms with Crippen LogP contribution in [0.15, 0.2) is 84.9 Å². The van der Waals surface area contributed by atoms with Crippen LogP contribution in [0.2, 0.25) is 5.02 Å². The molecule has 2 heterocycles. The predicted octanol–water partition coefficient (Wildman–Crippen LogP) is 3.86. The van der Waals surface area contributed by atoms with Crippen LogP contribution in [0.3, 0.4) is 0 Å². The summed E-state index contributed by atoms with van der Waals surface area (Å²) in [5, 5.41) is 3.86. The van der Waals surface area contributed by atoms with Crippen LogP contribution in [0.5, 0.6) is 0 Å². The fourth-order valence-corrected chi connectivity index (χ4v) is 5.26. The summed E-state index contributed by atoms with van der Waals surface area (Å²) in [4.78, 5) is 42.3. The number of nitrogens with one attached hydrogen (secondary N) is 1. The van der Waals surface area contributed by atoms with E-state index in [9.17, 15) is 14.4 Å². The molecule has 5 rings (SSSR count). The number of imide groups is 1. The molecule has 3 aromatic carbocycles. The second-order valence-electron chi connectivity index (χ2n) is 8.19. The van der Waals surface area contributed by atoms with Gasteiger partial charge in [-0.25, -0.2) is 9.69 Å². The van der Waals surface area contributed by atoms with Crippen LogP contribution in [0.25, 0.3) is 0 Å². The standard InChI is InChI=1S/C26H21ClN2O4/c1-33-25(32)26(17-10-6-3-7-11-17)21-20(22(28-26)16-8-4-2-5-9-16)23(30)29(24(21)31)19-14-12-18(27)13-15-19/h2-15,20-22,28H,1H3/t20-,21+,22-,26-/m0/s1. The number of hydrogen-bond acceptors (Lipinski definition) is 5. The number of hydrogen-bond donors (Lipinski definition) is 1. The molecule has 4 atom stereocenters. The number of rotatable bonds is 4. The molecule has 2 aliphatic heterocycles. The minimum atomic E-state index is -1.52. The Morgan fingerprint density at radius 1 is 0.909 bits per heavy atom. The molecule has 2 aliphatic rings. The van der Waals surface area contributed by atoms with Crippen molar-refractivity contribution < 1.29 is 19.1 Å². The van der Waals surface area contributed by atoms with Crippen LogP contribution in [0.4, 0.5) is 5.69 Å². The summed E-state index contributed by atoms with van der Waals surface area (Å²) in [7, 11) is 1.29. The number of halogens is 1. The second kappa shape index (κ2) is 8.14. The van der Waals surface area contributed by atoms with Crippen molar-refractivity contribution in [1.29, 1.82) is 0 Å². The quantitative estimate of drug-likeness (QED) is 0.472. The SMILES string of the molecule is COC(=O)[C@@]1(c2ccccc2)N[C@@H](c2ccccc2)[C@H]2C(=O)N(c3ccc(Cl)cc3)C(=O)[C@@H]21. The molecule has 7 heteroatoms. The van der Waals surface area contributed by atoms with Gasteiger partial charge in [-0.3, -0.25) is 14.9 Å². The summed E-state index contributed by atoms with van der Waals surface area (Å²) in [5.41, 5.74) is 0.287. The van der Waals surface area contributed by atoms with Crippen LogP contribution in [0.1, 0.15) is 17.2 Å². The van der Waals surface area contributed by atoms with Crippen LogP contribution >= 0.6 is 11.6 Å². The van der Waals surface area contributed by atoms with Gasteiger partial charge < -0.3 is 4.74 Å². The zero-order valence-corrected chi connectivity index (χ0v) is 18.5. The molecule has 0 spiro atoms. The summed E-state index contributed by atoms with van der Waals surface area (Å²) in [6, 6.07) is 24.3. The maximum atomic E-state index is 13.9. The van der Waals surface area contributed by atoms with E-state index in [0.717, 1.165) is 5.56 Å². The average Bonchev–Trinajstić information content (AvgIpc) is 3.35. The van der Waals surface area contributed by atoms with Gasteiger partial charge in [0, 0.05) is 11.1 Å². The van der Waals surface area contributed by atoms with Crippen LogP contribution in [-0.2, 0) is 24.7 Å². The minimum absolute atomic E-state index is 0.365. The Bertz CT molecular complexity index is 1220. The number of anilines is 1. The zero-order chi connectivity index (χ0) is 23.2. The van der Waals surface area contributed by atoms with E-state index in [1.54, 1.807) is 48.5 Å². The lowest BCUT2D eigenvalue weighted by atomic mass is 9.75. The molecule has 3 aromatic rings. The normalized spacial score (nSPS) is 26.4. The highest BCUT2D eigenvalue weighted by Crippen LogP contribution is 2.54. The van der Waals surface area contributed by atoms with Crippen LogP contribution < -0.4 is 10.2 Å². The molecule has 0 aromatic heterocycles. The topological polar surface area (TPSA) is 75.7 Å². The van der Waals surface area contributed by atoms with Gasteiger partial charge in [-0.2, -0.15) is 0 Å². The molecule has 2 fully saturated rings. The lowest BCUT2D eigenvalue weighted by molar-refractivity contribution is -0.152. The number of ether oxygens (including phenoxy) is 1. The summed E-state index contributed by atoms with van der Waals surface area (Å²) in [6.45, 7) is 0. The smallest absolute Gasteiger partial charge is 0.331 e. The molecule has 0 aliphatic carbocycles. The van der Waals surface area contributed by atoms with Gasteiger partial charge in [0.25, 0.3) is 0 Å². The monoisotopic (exact) mass is 460 g/mol. The summed E-state index contributed by atoms with van der Waals surface area (Å²) in [6.07, 6.45) is 0. The van der Waals surface area contributed by atoms with Crippen LogP contribution in [-0.4, -0.2) is 24.9 Å². The van der Waals surface area contributed by atoms with E-state index in [1.165, 1.54) is 12.0 Å². The first kappa shape index (κ1) is 21.4. The van der Waals surface area contributed by atoms with Gasteiger partial charge >= 0.3 is 5.97 Å². The molecule has 0 unspecified atom stereocenters. The van der Waals surface area contributed by atoms with Crippen molar-refractivity contribution in [3.8, 4) is 0 Å². The molecule has 2 amide bonds. The van der Waals surface area contributed by atoms with Crippen molar-refractivity contribution in [1.82, 2.24) is 5.32 Å². The molecule has 166 valence electrons. The van der Waals surface area contributed by atoms with Crippen molar-refractivity contribution >= 4 is 35.1 Å². The molecule has 2 saturated heterocycles. The first-order chi connectivity index (χ1) is 16.0. The Morgan fingerprint density at radius 2 is 1.52 bits per heavy atom. The first-order valence-electron chi connectivity index (χ1n) is 10.6. The Balaban J connectivity index is 1.72. The maximum absolute atomic E-state index is 13.9. The van der Waals surface area contributed by atoms with Gasteiger partial charge in [0.05, 0.1) is 24.6 Å². The third kappa shape index (κ3) is 3.17. The highest BCUT2D eigenvalue weighted by atomic mass is 35.5. The van der Waals surface area contributed by atoms with Gasteiger partial charge in [0.1, 0.15) is 0 Å². The van der Waals surface area contributed by atoms with Crippen molar-refractivity contribution in [3.05, 3.63) is 101 Å². The summed E-state index contributed by atoms with van der Waals surface area (Å²) < 4.78 is 5.22. The Labute approximate surface area is 196 Å². The largest absolute Gasteiger partial charge is 0.467 e. The molecule has 1 N–H and O–H groups in total. The van der Waals surface area contributed by atoms with E-state index in [4.69, 9.17) is 16.3 Å².